The molecular weight excluding hydrogens is 256 g/mol. The van der Waals surface area contributed by atoms with Crippen LogP contribution in [0.3, 0.4) is 0 Å². The second-order valence-electron chi connectivity index (χ2n) is 2.55. The van der Waals surface area contributed by atoms with Gasteiger partial charge in [0, 0.05) is 22.5 Å². The fraction of sp³-hybridized carbons (Fsp3) is 1.00. The summed E-state index contributed by atoms with van der Waals surface area (Å²) >= 11 is 16.7. The van der Waals surface area contributed by atoms with Crippen LogP contribution in [0.25, 0.3) is 0 Å². The Balaban J connectivity index is 3.25. The average Bonchev–Trinajstić information content (AvgIpc) is 2.17. The molecule has 0 spiro atoms. The Morgan fingerprint density at radius 2 is 1.77 bits per heavy atom. The van der Waals surface area contributed by atoms with Crippen LogP contribution in [-0.2, 0) is 0 Å². The van der Waals surface area contributed by atoms with Gasteiger partial charge in [0.25, 0.3) is 0 Å². The van der Waals surface area contributed by atoms with Crippen LogP contribution in [0.15, 0.2) is 0 Å². The highest BCUT2D eigenvalue weighted by Crippen LogP contribution is 2.18. The van der Waals surface area contributed by atoms with E-state index >= 15 is 0 Å². The van der Waals surface area contributed by atoms with Crippen molar-refractivity contribution in [1.82, 2.24) is 0 Å². The molecule has 0 rings (SSSR count). The monoisotopic (exact) mass is 274 g/mol. The van der Waals surface area contributed by atoms with Gasteiger partial charge in [-0.2, -0.15) is 61.4 Å². The lowest BCUT2D eigenvalue weighted by Crippen LogP contribution is -2.10. The number of rotatable bonds is 9. The molecule has 1 atom stereocenters. The van der Waals surface area contributed by atoms with Gasteiger partial charge in [0.05, 0.1) is 0 Å². The second-order valence-corrected chi connectivity index (χ2v) is 6.37. The number of hydrogen-bond donors (Lipinski definition) is 3. The van der Waals surface area contributed by atoms with Crippen molar-refractivity contribution in [2.75, 3.05) is 34.5 Å². The van der Waals surface area contributed by atoms with E-state index in [-0.39, 0.29) is 0 Å². The normalized spacial score (nSPS) is 13.2. The first-order valence-electron chi connectivity index (χ1n) is 4.37. The minimum Gasteiger partial charge on any atom is -0.179 e. The second kappa shape index (κ2) is 11.8. The highest BCUT2D eigenvalue weighted by molar-refractivity contribution is 8.04. The maximum Gasteiger partial charge on any atom is 0.0226 e. The van der Waals surface area contributed by atoms with Gasteiger partial charge in [-0.1, -0.05) is 0 Å². The number of thiol groups is 3. The zero-order valence-corrected chi connectivity index (χ0v) is 12.0. The van der Waals surface area contributed by atoms with Crippen LogP contribution in [0.2, 0.25) is 0 Å². The molecule has 80 valence electrons. The molecule has 0 amide bonds. The molecule has 0 aromatic carbocycles. The Hall–Kier alpha value is 1.75. The lowest BCUT2D eigenvalue weighted by atomic mass is 10.5. The lowest BCUT2D eigenvalue weighted by Gasteiger charge is -2.12. The topological polar surface area (TPSA) is 0 Å². The molecule has 0 heterocycles. The Kier molecular flexibility index (Phi) is 13.4. The van der Waals surface area contributed by atoms with Crippen molar-refractivity contribution >= 4 is 61.4 Å². The number of hydrogen-bond acceptors (Lipinski definition) is 5. The van der Waals surface area contributed by atoms with E-state index in [1.54, 1.807) is 0 Å². The van der Waals surface area contributed by atoms with Crippen molar-refractivity contribution in [2.45, 2.75) is 11.7 Å². The minimum atomic E-state index is 0.695. The lowest BCUT2D eigenvalue weighted by molar-refractivity contribution is 1.11. The van der Waals surface area contributed by atoms with Crippen LogP contribution in [0.5, 0.6) is 0 Å². The van der Waals surface area contributed by atoms with Crippen molar-refractivity contribution in [2.24, 2.45) is 0 Å². The number of thioether (sulfide) groups is 2. The van der Waals surface area contributed by atoms with E-state index in [9.17, 15) is 0 Å². The quantitative estimate of drug-likeness (QED) is 0.437. The first-order valence-corrected chi connectivity index (χ1v) is 8.47. The largest absolute Gasteiger partial charge is 0.179 e. The maximum atomic E-state index is 4.34. The summed E-state index contributed by atoms with van der Waals surface area (Å²) in [4.78, 5) is 0. The SMILES string of the molecule is SCCCSC[C@@H](CS)SCCS. The van der Waals surface area contributed by atoms with E-state index in [2.05, 4.69) is 37.9 Å². The van der Waals surface area contributed by atoms with Crippen LogP contribution in [0.1, 0.15) is 6.42 Å². The third kappa shape index (κ3) is 10.0. The van der Waals surface area contributed by atoms with Crippen LogP contribution in [-0.4, -0.2) is 39.8 Å². The van der Waals surface area contributed by atoms with Gasteiger partial charge in [-0.05, 0) is 23.7 Å². The molecule has 0 radical (unpaired) electrons. The first-order chi connectivity index (χ1) is 6.35. The Morgan fingerprint density at radius 1 is 1.00 bits per heavy atom. The molecule has 0 aliphatic rings. The van der Waals surface area contributed by atoms with Crippen molar-refractivity contribution < 1.29 is 0 Å². The molecule has 0 aliphatic heterocycles. The molecule has 5 heteroatoms. The van der Waals surface area contributed by atoms with Crippen molar-refractivity contribution in [3.05, 3.63) is 0 Å². The molecule has 0 saturated heterocycles. The van der Waals surface area contributed by atoms with E-state index in [0.717, 1.165) is 23.0 Å². The van der Waals surface area contributed by atoms with Crippen LogP contribution in [0, 0.1) is 0 Å². The molecule has 13 heavy (non-hydrogen) atoms. The smallest absolute Gasteiger partial charge is 0.0226 e. The molecule has 0 nitrogen and oxygen atoms in total. The summed E-state index contributed by atoms with van der Waals surface area (Å²) < 4.78 is 0. The van der Waals surface area contributed by atoms with E-state index in [4.69, 9.17) is 0 Å². The zero-order chi connectivity index (χ0) is 9.94. The zero-order valence-electron chi connectivity index (χ0n) is 7.69. The van der Waals surface area contributed by atoms with E-state index in [1.165, 1.54) is 17.9 Å². The van der Waals surface area contributed by atoms with Crippen LogP contribution in [0.4, 0.5) is 0 Å². The molecule has 0 aliphatic carbocycles. The summed E-state index contributed by atoms with van der Waals surface area (Å²) in [5.74, 6) is 6.54. The van der Waals surface area contributed by atoms with Gasteiger partial charge < -0.3 is 0 Å². The highest BCUT2D eigenvalue weighted by atomic mass is 32.2. The molecule has 0 N–H and O–H groups in total. The minimum absolute atomic E-state index is 0.695. The third-order valence-electron chi connectivity index (χ3n) is 1.40. The summed E-state index contributed by atoms with van der Waals surface area (Å²) in [6.07, 6.45) is 1.21. The van der Waals surface area contributed by atoms with Crippen LogP contribution >= 0.6 is 61.4 Å². The summed E-state index contributed by atoms with van der Waals surface area (Å²) in [5.41, 5.74) is 0. The van der Waals surface area contributed by atoms with Gasteiger partial charge in [-0.25, -0.2) is 0 Å². The standard InChI is InChI=1S/C8H18S5/c9-2-1-4-12-7-8(6-11)13-5-3-10/h8-11H,1-7H2/t8-/m1/s1. The fourth-order valence-corrected chi connectivity index (χ4v) is 4.18. The van der Waals surface area contributed by atoms with Gasteiger partial charge in [-0.3, -0.25) is 0 Å². The molecule has 0 unspecified atom stereocenters. The molecule has 0 bridgehead atoms. The molecule has 0 aromatic heterocycles. The van der Waals surface area contributed by atoms with Gasteiger partial charge in [-0.15, -0.1) is 0 Å². The third-order valence-corrected chi connectivity index (χ3v) is 5.60. The first kappa shape index (κ1) is 14.8. The predicted molar refractivity (Wildman–Crippen MR) is 79.7 cm³/mol. The predicted octanol–water partition coefficient (Wildman–Crippen LogP) is 3.00. The Labute approximate surface area is 107 Å². The molecule has 0 fully saturated rings. The summed E-state index contributed by atoms with van der Waals surface area (Å²) in [6, 6.07) is 0. The van der Waals surface area contributed by atoms with Crippen molar-refractivity contribution in [3.63, 3.8) is 0 Å². The van der Waals surface area contributed by atoms with E-state index in [1.807, 2.05) is 23.5 Å². The fourth-order valence-electron chi connectivity index (χ4n) is 0.754. The highest BCUT2D eigenvalue weighted by Gasteiger charge is 2.05. The van der Waals surface area contributed by atoms with Gasteiger partial charge in [0.1, 0.15) is 0 Å². The average molecular weight is 275 g/mol. The van der Waals surface area contributed by atoms with E-state index in [0.29, 0.717) is 5.25 Å². The van der Waals surface area contributed by atoms with Gasteiger partial charge in [0.15, 0.2) is 0 Å². The Morgan fingerprint density at radius 3 is 2.31 bits per heavy atom. The summed E-state index contributed by atoms with van der Waals surface area (Å²) in [7, 11) is 0. The van der Waals surface area contributed by atoms with Crippen LogP contribution < -0.4 is 0 Å². The maximum absolute atomic E-state index is 4.34. The van der Waals surface area contributed by atoms with Crippen molar-refractivity contribution in [3.8, 4) is 0 Å². The van der Waals surface area contributed by atoms with E-state index < -0.39 is 0 Å². The van der Waals surface area contributed by atoms with Gasteiger partial charge in [0.2, 0.25) is 0 Å². The summed E-state index contributed by atoms with van der Waals surface area (Å²) in [5, 5.41) is 0.695. The van der Waals surface area contributed by atoms with Gasteiger partial charge >= 0.3 is 0 Å². The Bertz CT molecular complexity index is 98.5. The molecular formula is C8H18S5. The van der Waals surface area contributed by atoms with Crippen molar-refractivity contribution in [1.29, 1.82) is 0 Å². The summed E-state index contributed by atoms with van der Waals surface area (Å²) in [6.45, 7) is 0. The molecule has 0 saturated carbocycles. The molecule has 0 aromatic rings.